The molecule has 8 heteroatoms. The van der Waals surface area contributed by atoms with Gasteiger partial charge in [-0.25, -0.2) is 0 Å². The monoisotopic (exact) mass is 445 g/mol. The first kappa shape index (κ1) is 19.9. The van der Waals surface area contributed by atoms with Crippen LogP contribution in [0.5, 0.6) is 5.75 Å². The highest BCUT2D eigenvalue weighted by molar-refractivity contribution is 9.10. The van der Waals surface area contributed by atoms with E-state index in [1.807, 2.05) is 18.2 Å². The third-order valence-electron chi connectivity index (χ3n) is 4.17. The Morgan fingerprint density at radius 2 is 1.93 bits per heavy atom. The van der Waals surface area contributed by atoms with Gasteiger partial charge < -0.3 is 20.3 Å². The van der Waals surface area contributed by atoms with Crippen LogP contribution in [0.15, 0.2) is 53.0 Å². The van der Waals surface area contributed by atoms with Crippen molar-refractivity contribution in [1.82, 2.24) is 5.32 Å². The SMILES string of the molecule is O=C(COc1cccc(N2CCCC2=O)c1)NCC(=O)Nc1ccccc1Br. The maximum Gasteiger partial charge on any atom is 0.258 e. The summed E-state index contributed by atoms with van der Waals surface area (Å²) in [5, 5.41) is 5.22. The van der Waals surface area contributed by atoms with E-state index in [4.69, 9.17) is 4.74 Å². The van der Waals surface area contributed by atoms with Crippen molar-refractivity contribution in [2.45, 2.75) is 12.8 Å². The third kappa shape index (κ3) is 5.32. The van der Waals surface area contributed by atoms with Gasteiger partial charge in [-0.15, -0.1) is 0 Å². The average molecular weight is 446 g/mol. The van der Waals surface area contributed by atoms with Crippen LogP contribution in [-0.4, -0.2) is 37.4 Å². The molecule has 1 aliphatic rings. The van der Waals surface area contributed by atoms with Crippen LogP contribution >= 0.6 is 15.9 Å². The van der Waals surface area contributed by atoms with Crippen molar-refractivity contribution in [3.05, 3.63) is 53.0 Å². The number of rotatable bonds is 7. The molecular formula is C20H20BrN3O4. The van der Waals surface area contributed by atoms with Gasteiger partial charge in [-0.2, -0.15) is 0 Å². The quantitative estimate of drug-likeness (QED) is 0.685. The van der Waals surface area contributed by atoms with Gasteiger partial charge in [0.2, 0.25) is 11.8 Å². The molecule has 0 spiro atoms. The minimum absolute atomic E-state index is 0.0889. The fourth-order valence-corrected chi connectivity index (χ4v) is 3.18. The van der Waals surface area contributed by atoms with Crippen molar-refractivity contribution in [3.8, 4) is 5.75 Å². The van der Waals surface area contributed by atoms with E-state index in [2.05, 4.69) is 26.6 Å². The van der Waals surface area contributed by atoms with Crippen molar-refractivity contribution >= 4 is 45.0 Å². The number of nitrogens with one attached hydrogen (secondary N) is 2. The summed E-state index contributed by atoms with van der Waals surface area (Å²) in [6, 6.07) is 14.3. The number of nitrogens with zero attached hydrogens (tertiary/aromatic N) is 1. The molecule has 2 N–H and O–H groups in total. The first-order valence-corrected chi connectivity index (χ1v) is 9.66. The average Bonchev–Trinajstić information content (AvgIpc) is 3.13. The van der Waals surface area contributed by atoms with Gasteiger partial charge in [0.1, 0.15) is 5.75 Å². The molecule has 28 heavy (non-hydrogen) atoms. The van der Waals surface area contributed by atoms with Crippen LogP contribution in [0, 0.1) is 0 Å². The van der Waals surface area contributed by atoms with E-state index in [9.17, 15) is 14.4 Å². The maximum absolute atomic E-state index is 11.9. The molecule has 2 aromatic rings. The predicted octanol–water partition coefficient (Wildman–Crippen LogP) is 2.71. The molecule has 2 aromatic carbocycles. The highest BCUT2D eigenvalue weighted by Crippen LogP contribution is 2.25. The van der Waals surface area contributed by atoms with Crippen LogP contribution in [0.4, 0.5) is 11.4 Å². The van der Waals surface area contributed by atoms with E-state index in [-0.39, 0.29) is 25.0 Å². The van der Waals surface area contributed by atoms with Crippen LogP contribution in [0.1, 0.15) is 12.8 Å². The highest BCUT2D eigenvalue weighted by atomic mass is 79.9. The van der Waals surface area contributed by atoms with Gasteiger partial charge >= 0.3 is 0 Å². The Kier molecular flexibility index (Phi) is 6.65. The molecule has 7 nitrogen and oxygen atoms in total. The van der Waals surface area contributed by atoms with Crippen molar-refractivity contribution < 1.29 is 19.1 Å². The summed E-state index contributed by atoms with van der Waals surface area (Å²) in [5.74, 6) is -0.171. The maximum atomic E-state index is 11.9. The van der Waals surface area contributed by atoms with E-state index >= 15 is 0 Å². The van der Waals surface area contributed by atoms with Gasteiger partial charge in [-0.05, 0) is 46.6 Å². The topological polar surface area (TPSA) is 87.7 Å². The van der Waals surface area contributed by atoms with E-state index in [0.29, 0.717) is 24.4 Å². The molecule has 1 fully saturated rings. The number of halogens is 1. The molecule has 146 valence electrons. The number of hydrogen-bond acceptors (Lipinski definition) is 4. The summed E-state index contributed by atoms with van der Waals surface area (Å²) in [7, 11) is 0. The summed E-state index contributed by atoms with van der Waals surface area (Å²) >= 11 is 3.34. The van der Waals surface area contributed by atoms with E-state index in [1.54, 1.807) is 35.2 Å². The minimum Gasteiger partial charge on any atom is -0.484 e. The molecule has 0 unspecified atom stereocenters. The van der Waals surface area contributed by atoms with Gasteiger partial charge in [0.25, 0.3) is 5.91 Å². The van der Waals surface area contributed by atoms with Crippen LogP contribution in [0.25, 0.3) is 0 Å². The summed E-state index contributed by atoms with van der Waals surface area (Å²) in [4.78, 5) is 37.4. The standard InChI is InChI=1S/C20H20BrN3O4/c21-16-7-1-2-8-17(16)23-18(25)12-22-19(26)13-28-15-6-3-5-14(11-15)24-10-4-9-20(24)27/h1-3,5-8,11H,4,9-10,12-13H2,(H,22,26)(H,23,25). The fourth-order valence-electron chi connectivity index (χ4n) is 2.80. The Balaban J connectivity index is 1.45. The molecule has 0 atom stereocenters. The van der Waals surface area contributed by atoms with E-state index in [1.165, 1.54) is 0 Å². The van der Waals surface area contributed by atoms with Crippen molar-refractivity contribution in [2.24, 2.45) is 0 Å². The molecule has 1 saturated heterocycles. The van der Waals surface area contributed by atoms with E-state index < -0.39 is 5.91 Å². The molecular weight excluding hydrogens is 426 g/mol. The normalized spacial score (nSPS) is 13.3. The Bertz CT molecular complexity index is 887. The first-order chi connectivity index (χ1) is 13.5. The minimum atomic E-state index is -0.412. The number of carbonyl (C=O) groups is 3. The number of benzene rings is 2. The lowest BCUT2D eigenvalue weighted by Gasteiger charge is -2.16. The zero-order chi connectivity index (χ0) is 19.9. The third-order valence-corrected chi connectivity index (χ3v) is 4.86. The number of ether oxygens (including phenoxy) is 1. The number of para-hydroxylation sites is 1. The van der Waals surface area contributed by atoms with Gasteiger partial charge in [0.05, 0.1) is 12.2 Å². The Hall–Kier alpha value is -2.87. The zero-order valence-electron chi connectivity index (χ0n) is 15.1. The predicted molar refractivity (Wildman–Crippen MR) is 109 cm³/mol. The molecule has 0 aromatic heterocycles. The van der Waals surface area contributed by atoms with Gasteiger partial charge in [-0.3, -0.25) is 14.4 Å². The van der Waals surface area contributed by atoms with Crippen LogP contribution in [-0.2, 0) is 14.4 Å². The van der Waals surface area contributed by atoms with Crippen LogP contribution < -0.4 is 20.3 Å². The molecule has 0 aliphatic carbocycles. The molecule has 3 rings (SSSR count). The largest absolute Gasteiger partial charge is 0.484 e. The molecule has 0 bridgehead atoms. The molecule has 1 aliphatic heterocycles. The Morgan fingerprint density at radius 3 is 2.68 bits per heavy atom. The molecule has 3 amide bonds. The lowest BCUT2D eigenvalue weighted by molar-refractivity contribution is -0.125. The van der Waals surface area contributed by atoms with Crippen LogP contribution in [0.3, 0.4) is 0 Å². The number of carbonyl (C=O) groups excluding carboxylic acids is 3. The molecule has 1 heterocycles. The van der Waals surface area contributed by atoms with E-state index in [0.717, 1.165) is 16.6 Å². The lowest BCUT2D eigenvalue weighted by Crippen LogP contribution is -2.35. The smallest absolute Gasteiger partial charge is 0.258 e. The van der Waals surface area contributed by atoms with Crippen molar-refractivity contribution in [3.63, 3.8) is 0 Å². The Morgan fingerprint density at radius 1 is 1.11 bits per heavy atom. The second kappa shape index (κ2) is 9.36. The summed E-state index contributed by atoms with van der Waals surface area (Å²) in [5.41, 5.74) is 1.39. The van der Waals surface area contributed by atoms with Gasteiger partial charge in [0, 0.05) is 29.2 Å². The summed E-state index contributed by atoms with van der Waals surface area (Å²) in [6.07, 6.45) is 1.39. The van der Waals surface area contributed by atoms with Crippen molar-refractivity contribution in [1.29, 1.82) is 0 Å². The molecule has 0 saturated carbocycles. The second-order valence-corrected chi connectivity index (χ2v) is 7.09. The zero-order valence-corrected chi connectivity index (χ0v) is 16.7. The first-order valence-electron chi connectivity index (χ1n) is 8.87. The number of amides is 3. The van der Waals surface area contributed by atoms with Gasteiger partial charge in [-0.1, -0.05) is 18.2 Å². The fraction of sp³-hybridized carbons (Fsp3) is 0.250. The van der Waals surface area contributed by atoms with Crippen molar-refractivity contribution in [2.75, 3.05) is 29.9 Å². The number of anilines is 2. The van der Waals surface area contributed by atoms with Gasteiger partial charge in [0.15, 0.2) is 6.61 Å². The summed E-state index contributed by atoms with van der Waals surface area (Å²) in [6.45, 7) is 0.307. The second-order valence-electron chi connectivity index (χ2n) is 6.24. The van der Waals surface area contributed by atoms with Crippen LogP contribution in [0.2, 0.25) is 0 Å². The number of hydrogen-bond donors (Lipinski definition) is 2. The highest BCUT2D eigenvalue weighted by Gasteiger charge is 2.21. The lowest BCUT2D eigenvalue weighted by atomic mass is 10.3. The summed E-state index contributed by atoms with van der Waals surface area (Å²) < 4.78 is 6.24. The Labute approximate surface area is 171 Å². The molecule has 0 radical (unpaired) electrons.